The Morgan fingerprint density at radius 1 is 1.11 bits per heavy atom. The van der Waals surface area contributed by atoms with Crippen LogP contribution in [0.4, 0.5) is 0 Å². The number of rotatable bonds is 9. The van der Waals surface area contributed by atoms with Gasteiger partial charge in [0.25, 0.3) is 0 Å². The zero-order valence-corrected chi connectivity index (χ0v) is 13.0. The van der Waals surface area contributed by atoms with Crippen molar-refractivity contribution in [1.29, 1.82) is 0 Å². The summed E-state index contributed by atoms with van der Waals surface area (Å²) in [5.74, 6) is 0. The molecule has 1 unspecified atom stereocenters. The molecule has 2 nitrogen and oxygen atoms in total. The first-order valence-corrected chi connectivity index (χ1v) is 7.51. The van der Waals surface area contributed by atoms with Crippen molar-refractivity contribution in [3.8, 4) is 0 Å². The summed E-state index contributed by atoms with van der Waals surface area (Å²) in [5, 5.41) is 3.34. The van der Waals surface area contributed by atoms with Crippen LogP contribution in [-0.4, -0.2) is 20.3 Å². The third-order valence-corrected chi connectivity index (χ3v) is 3.71. The van der Waals surface area contributed by atoms with Crippen LogP contribution in [0.25, 0.3) is 0 Å². The number of hydrogen-bond donors (Lipinski definition) is 1. The Morgan fingerprint density at radius 2 is 1.89 bits per heavy atom. The van der Waals surface area contributed by atoms with Crippen molar-refractivity contribution < 1.29 is 4.74 Å². The molecular formula is C17H29NO. The van der Waals surface area contributed by atoms with Gasteiger partial charge in [-0.1, -0.05) is 44.4 Å². The third kappa shape index (κ3) is 5.75. The van der Waals surface area contributed by atoms with Gasteiger partial charge in [-0.3, -0.25) is 0 Å². The van der Waals surface area contributed by atoms with Crippen molar-refractivity contribution in [2.24, 2.45) is 0 Å². The maximum Gasteiger partial charge on any atom is 0.0661 e. The maximum atomic E-state index is 5.80. The second kappa shape index (κ2) is 9.11. The molecule has 19 heavy (non-hydrogen) atoms. The molecule has 1 atom stereocenters. The van der Waals surface area contributed by atoms with Crippen molar-refractivity contribution in [2.45, 2.75) is 52.5 Å². The monoisotopic (exact) mass is 263 g/mol. The first kappa shape index (κ1) is 16.2. The fourth-order valence-corrected chi connectivity index (χ4v) is 2.16. The summed E-state index contributed by atoms with van der Waals surface area (Å²) >= 11 is 0. The number of nitrogens with one attached hydrogen (secondary N) is 1. The van der Waals surface area contributed by atoms with E-state index in [1.165, 1.54) is 42.4 Å². The van der Waals surface area contributed by atoms with Crippen LogP contribution < -0.4 is 5.32 Å². The molecule has 1 aromatic rings. The molecule has 0 amide bonds. The normalized spacial score (nSPS) is 12.6. The van der Waals surface area contributed by atoms with Crippen molar-refractivity contribution >= 4 is 0 Å². The van der Waals surface area contributed by atoms with E-state index in [2.05, 4.69) is 44.3 Å². The second-order valence-corrected chi connectivity index (χ2v) is 5.32. The van der Waals surface area contributed by atoms with Crippen LogP contribution in [-0.2, 0) is 4.74 Å². The first-order chi connectivity index (χ1) is 9.19. The number of benzene rings is 1. The largest absolute Gasteiger partial charge is 0.379 e. The molecule has 0 aliphatic rings. The minimum Gasteiger partial charge on any atom is -0.379 e. The number of likely N-dealkylation sites (N-methyl/N-ethyl adjacent to an activating group) is 1. The second-order valence-electron chi connectivity index (χ2n) is 5.32. The van der Waals surface area contributed by atoms with Gasteiger partial charge in [0.15, 0.2) is 0 Å². The van der Waals surface area contributed by atoms with Gasteiger partial charge in [0, 0.05) is 6.61 Å². The van der Waals surface area contributed by atoms with Gasteiger partial charge < -0.3 is 10.1 Å². The average Bonchev–Trinajstić information content (AvgIpc) is 2.41. The smallest absolute Gasteiger partial charge is 0.0661 e. The molecule has 0 bridgehead atoms. The topological polar surface area (TPSA) is 21.3 Å². The van der Waals surface area contributed by atoms with Gasteiger partial charge in [-0.25, -0.2) is 0 Å². The van der Waals surface area contributed by atoms with E-state index in [1.54, 1.807) is 0 Å². The van der Waals surface area contributed by atoms with Crippen molar-refractivity contribution in [3.63, 3.8) is 0 Å². The highest BCUT2D eigenvalue weighted by Crippen LogP contribution is 2.17. The maximum absolute atomic E-state index is 5.80. The molecule has 0 heterocycles. The molecular weight excluding hydrogens is 234 g/mol. The lowest BCUT2D eigenvalue weighted by Gasteiger charge is -2.18. The summed E-state index contributed by atoms with van der Waals surface area (Å²) in [6, 6.07) is 6.95. The Morgan fingerprint density at radius 3 is 2.53 bits per heavy atom. The third-order valence-electron chi connectivity index (χ3n) is 3.71. The SMILES string of the molecule is CCCCCCOCC(NC)c1ccc(C)c(C)c1. The van der Waals surface area contributed by atoms with Gasteiger partial charge in [-0.05, 0) is 44.0 Å². The van der Waals surface area contributed by atoms with E-state index in [0.29, 0.717) is 6.04 Å². The van der Waals surface area contributed by atoms with Crippen molar-refractivity contribution in [3.05, 3.63) is 34.9 Å². The summed E-state index contributed by atoms with van der Waals surface area (Å²) in [4.78, 5) is 0. The molecule has 0 saturated heterocycles. The van der Waals surface area contributed by atoms with E-state index in [9.17, 15) is 0 Å². The molecule has 1 aromatic carbocycles. The molecule has 2 heteroatoms. The van der Waals surface area contributed by atoms with Gasteiger partial charge in [-0.2, -0.15) is 0 Å². The van der Waals surface area contributed by atoms with Crippen molar-refractivity contribution in [1.82, 2.24) is 5.32 Å². The minimum absolute atomic E-state index is 0.297. The lowest BCUT2D eigenvalue weighted by Crippen LogP contribution is -2.22. The Hall–Kier alpha value is -0.860. The van der Waals surface area contributed by atoms with Gasteiger partial charge in [-0.15, -0.1) is 0 Å². The van der Waals surface area contributed by atoms with E-state index in [-0.39, 0.29) is 0 Å². The number of aryl methyl sites for hydroxylation is 2. The molecule has 0 aliphatic heterocycles. The summed E-state index contributed by atoms with van der Waals surface area (Å²) < 4.78 is 5.80. The zero-order valence-electron chi connectivity index (χ0n) is 13.0. The van der Waals surface area contributed by atoms with Gasteiger partial charge >= 0.3 is 0 Å². The molecule has 0 radical (unpaired) electrons. The highest BCUT2D eigenvalue weighted by molar-refractivity contribution is 5.31. The van der Waals surface area contributed by atoms with E-state index in [4.69, 9.17) is 4.74 Å². The highest BCUT2D eigenvalue weighted by Gasteiger charge is 2.09. The molecule has 0 saturated carbocycles. The standard InChI is InChI=1S/C17H29NO/c1-5-6-7-8-11-19-13-17(18-4)16-10-9-14(2)15(3)12-16/h9-10,12,17-18H,5-8,11,13H2,1-4H3. The van der Waals surface area contributed by atoms with E-state index in [0.717, 1.165) is 13.2 Å². The molecule has 0 spiro atoms. The van der Waals surface area contributed by atoms with Crippen LogP contribution in [0.15, 0.2) is 18.2 Å². The van der Waals surface area contributed by atoms with Crippen LogP contribution >= 0.6 is 0 Å². The number of hydrogen-bond acceptors (Lipinski definition) is 2. The fourth-order valence-electron chi connectivity index (χ4n) is 2.16. The van der Waals surface area contributed by atoms with Gasteiger partial charge in [0.2, 0.25) is 0 Å². The summed E-state index contributed by atoms with van der Waals surface area (Å²) in [7, 11) is 2.00. The van der Waals surface area contributed by atoms with E-state index < -0.39 is 0 Å². The Kier molecular flexibility index (Phi) is 7.76. The number of ether oxygens (including phenoxy) is 1. The Labute approximate surface area is 118 Å². The molecule has 1 rings (SSSR count). The van der Waals surface area contributed by atoms with Crippen molar-refractivity contribution in [2.75, 3.05) is 20.3 Å². The summed E-state index contributed by atoms with van der Waals surface area (Å²) in [6.45, 7) is 8.18. The van der Waals surface area contributed by atoms with Gasteiger partial charge in [0.1, 0.15) is 0 Å². The van der Waals surface area contributed by atoms with E-state index in [1.807, 2.05) is 7.05 Å². The zero-order chi connectivity index (χ0) is 14.1. The summed E-state index contributed by atoms with van der Waals surface area (Å²) in [5.41, 5.74) is 4.01. The minimum atomic E-state index is 0.297. The Balaban J connectivity index is 2.38. The molecule has 0 aliphatic carbocycles. The first-order valence-electron chi connectivity index (χ1n) is 7.51. The predicted molar refractivity (Wildman–Crippen MR) is 82.7 cm³/mol. The lowest BCUT2D eigenvalue weighted by atomic mass is 10.0. The molecule has 0 aromatic heterocycles. The summed E-state index contributed by atoms with van der Waals surface area (Å²) in [6.07, 6.45) is 5.05. The molecule has 1 N–H and O–H groups in total. The molecule has 108 valence electrons. The van der Waals surface area contributed by atoms with Crippen LogP contribution in [0.2, 0.25) is 0 Å². The Bertz CT molecular complexity index is 362. The highest BCUT2D eigenvalue weighted by atomic mass is 16.5. The quantitative estimate of drug-likeness (QED) is 0.675. The fraction of sp³-hybridized carbons (Fsp3) is 0.647. The molecule has 0 fully saturated rings. The van der Waals surface area contributed by atoms with Gasteiger partial charge in [0.05, 0.1) is 12.6 Å². The van der Waals surface area contributed by atoms with Crippen LogP contribution in [0.3, 0.4) is 0 Å². The average molecular weight is 263 g/mol. The van der Waals surface area contributed by atoms with Crippen LogP contribution in [0.5, 0.6) is 0 Å². The lowest BCUT2D eigenvalue weighted by molar-refractivity contribution is 0.110. The van der Waals surface area contributed by atoms with Crippen LogP contribution in [0.1, 0.15) is 55.3 Å². The van der Waals surface area contributed by atoms with Crippen LogP contribution in [0, 0.1) is 13.8 Å². The van der Waals surface area contributed by atoms with E-state index >= 15 is 0 Å². The number of unbranched alkanes of at least 4 members (excludes halogenated alkanes) is 3. The predicted octanol–water partition coefficient (Wildman–Crippen LogP) is 4.16.